The topological polar surface area (TPSA) is 62.6 Å². The normalized spacial score (nSPS) is 11.7. The van der Waals surface area contributed by atoms with Crippen molar-refractivity contribution in [1.82, 2.24) is 4.90 Å². The van der Waals surface area contributed by atoms with Crippen LogP contribution in [0.4, 0.5) is 0 Å². The fourth-order valence-corrected chi connectivity index (χ4v) is 2.06. The molecule has 0 spiro atoms. The van der Waals surface area contributed by atoms with Gasteiger partial charge in [0.15, 0.2) is 11.5 Å². The van der Waals surface area contributed by atoms with E-state index in [-0.39, 0.29) is 17.9 Å². The third-order valence-electron chi connectivity index (χ3n) is 3.16. The lowest BCUT2D eigenvalue weighted by atomic mass is 10.1. The van der Waals surface area contributed by atoms with Crippen LogP contribution in [0.2, 0.25) is 0 Å². The summed E-state index contributed by atoms with van der Waals surface area (Å²) >= 11 is 0. The highest BCUT2D eigenvalue weighted by atomic mass is 16.5. The zero-order valence-electron chi connectivity index (χ0n) is 13.9. The van der Waals surface area contributed by atoms with Crippen molar-refractivity contribution in [3.8, 4) is 17.6 Å². The SMILES string of the molecule is CCN(C[C@@H](C)C#N)C(=O)c1ccc(OC(C)C)c(OC)c1. The second-order valence-electron chi connectivity index (χ2n) is 5.41. The second-order valence-corrected chi connectivity index (χ2v) is 5.41. The summed E-state index contributed by atoms with van der Waals surface area (Å²) in [6.07, 6.45) is 0.0269. The van der Waals surface area contributed by atoms with Gasteiger partial charge in [0.2, 0.25) is 0 Å². The van der Waals surface area contributed by atoms with Crippen LogP contribution in [0.15, 0.2) is 18.2 Å². The molecule has 0 fully saturated rings. The number of methoxy groups -OCH3 is 1. The lowest BCUT2D eigenvalue weighted by molar-refractivity contribution is 0.0752. The Labute approximate surface area is 132 Å². The van der Waals surface area contributed by atoms with E-state index in [2.05, 4.69) is 6.07 Å². The molecule has 0 unspecified atom stereocenters. The smallest absolute Gasteiger partial charge is 0.254 e. The Balaban J connectivity index is 3.00. The van der Waals surface area contributed by atoms with Crippen LogP contribution in [0.25, 0.3) is 0 Å². The Morgan fingerprint density at radius 2 is 2.00 bits per heavy atom. The minimum Gasteiger partial charge on any atom is -0.493 e. The summed E-state index contributed by atoms with van der Waals surface area (Å²) < 4.78 is 11.0. The predicted octanol–water partition coefficient (Wildman–Crippen LogP) is 3.10. The van der Waals surface area contributed by atoms with Gasteiger partial charge in [0.1, 0.15) is 0 Å². The highest BCUT2D eigenvalue weighted by Crippen LogP contribution is 2.29. The van der Waals surface area contributed by atoms with Crippen molar-refractivity contribution < 1.29 is 14.3 Å². The van der Waals surface area contributed by atoms with Gasteiger partial charge in [0.25, 0.3) is 5.91 Å². The summed E-state index contributed by atoms with van der Waals surface area (Å²) in [7, 11) is 1.55. The van der Waals surface area contributed by atoms with E-state index in [1.54, 1.807) is 37.1 Å². The van der Waals surface area contributed by atoms with Crippen LogP contribution >= 0.6 is 0 Å². The zero-order valence-corrected chi connectivity index (χ0v) is 13.9. The third-order valence-corrected chi connectivity index (χ3v) is 3.16. The average molecular weight is 304 g/mol. The van der Waals surface area contributed by atoms with E-state index in [1.807, 2.05) is 20.8 Å². The zero-order chi connectivity index (χ0) is 16.7. The van der Waals surface area contributed by atoms with Gasteiger partial charge >= 0.3 is 0 Å². The Bertz CT molecular complexity index is 549. The van der Waals surface area contributed by atoms with Crippen LogP contribution in [0, 0.1) is 17.2 Å². The summed E-state index contributed by atoms with van der Waals surface area (Å²) in [5.74, 6) is 0.833. The van der Waals surface area contributed by atoms with Gasteiger partial charge in [-0.15, -0.1) is 0 Å². The molecule has 0 bridgehead atoms. The molecule has 1 atom stereocenters. The lowest BCUT2D eigenvalue weighted by Crippen LogP contribution is -2.34. The number of carbonyl (C=O) groups is 1. The van der Waals surface area contributed by atoms with Crippen molar-refractivity contribution in [1.29, 1.82) is 5.26 Å². The maximum Gasteiger partial charge on any atom is 0.254 e. The third kappa shape index (κ3) is 4.66. The molecular formula is C17H24N2O3. The monoisotopic (exact) mass is 304 g/mol. The Hall–Kier alpha value is -2.22. The van der Waals surface area contributed by atoms with Crippen LogP contribution in [0.1, 0.15) is 38.1 Å². The number of hydrogen-bond acceptors (Lipinski definition) is 4. The predicted molar refractivity (Wildman–Crippen MR) is 85.1 cm³/mol. The van der Waals surface area contributed by atoms with E-state index < -0.39 is 0 Å². The molecule has 0 aliphatic heterocycles. The quantitative estimate of drug-likeness (QED) is 0.776. The van der Waals surface area contributed by atoms with Crippen LogP contribution in [0.5, 0.6) is 11.5 Å². The van der Waals surface area contributed by atoms with Crippen LogP contribution in [-0.2, 0) is 0 Å². The molecule has 0 saturated heterocycles. The molecule has 5 heteroatoms. The molecule has 0 N–H and O–H groups in total. The highest BCUT2D eigenvalue weighted by Gasteiger charge is 2.18. The van der Waals surface area contributed by atoms with E-state index in [1.165, 1.54) is 0 Å². The number of rotatable bonds is 7. The summed E-state index contributed by atoms with van der Waals surface area (Å²) in [5.41, 5.74) is 0.528. The fourth-order valence-electron chi connectivity index (χ4n) is 2.06. The first-order chi connectivity index (χ1) is 10.4. The van der Waals surface area contributed by atoms with Crippen molar-refractivity contribution in [3.63, 3.8) is 0 Å². The van der Waals surface area contributed by atoms with Gasteiger partial charge in [-0.1, -0.05) is 0 Å². The molecule has 5 nitrogen and oxygen atoms in total. The molecule has 120 valence electrons. The summed E-state index contributed by atoms with van der Waals surface area (Å²) in [6.45, 7) is 8.53. The van der Waals surface area contributed by atoms with Crippen LogP contribution in [0.3, 0.4) is 0 Å². The van der Waals surface area contributed by atoms with Crippen molar-refractivity contribution >= 4 is 5.91 Å². The van der Waals surface area contributed by atoms with Gasteiger partial charge < -0.3 is 14.4 Å². The molecule has 0 heterocycles. The fraction of sp³-hybridized carbons (Fsp3) is 0.529. The maximum absolute atomic E-state index is 12.5. The minimum absolute atomic E-state index is 0.0269. The molecule has 0 aliphatic rings. The first-order valence-electron chi connectivity index (χ1n) is 7.46. The lowest BCUT2D eigenvalue weighted by Gasteiger charge is -2.22. The average Bonchev–Trinajstić information content (AvgIpc) is 2.51. The van der Waals surface area contributed by atoms with Gasteiger partial charge in [-0.05, 0) is 45.9 Å². The standard InChI is InChI=1S/C17H24N2O3/c1-6-19(11-13(4)10-18)17(20)14-7-8-15(22-12(2)3)16(9-14)21-5/h7-9,12-13H,6,11H2,1-5H3/t13-/m0/s1. The van der Waals surface area contributed by atoms with Gasteiger partial charge in [-0.25, -0.2) is 0 Å². The molecule has 22 heavy (non-hydrogen) atoms. The summed E-state index contributed by atoms with van der Waals surface area (Å²) in [4.78, 5) is 14.2. The van der Waals surface area contributed by atoms with E-state index in [0.29, 0.717) is 30.2 Å². The molecule has 1 aromatic rings. The number of hydrogen-bond donors (Lipinski definition) is 0. The van der Waals surface area contributed by atoms with Crippen molar-refractivity contribution in [3.05, 3.63) is 23.8 Å². The van der Waals surface area contributed by atoms with E-state index in [0.717, 1.165) is 0 Å². The molecular weight excluding hydrogens is 280 g/mol. The maximum atomic E-state index is 12.5. The number of carbonyl (C=O) groups excluding carboxylic acids is 1. The van der Waals surface area contributed by atoms with Crippen molar-refractivity contribution in [2.75, 3.05) is 20.2 Å². The summed E-state index contributed by atoms with van der Waals surface area (Å²) in [6, 6.07) is 7.30. The molecule has 0 radical (unpaired) electrons. The molecule has 0 aromatic heterocycles. The van der Waals surface area contributed by atoms with E-state index in [9.17, 15) is 4.79 Å². The molecule has 1 rings (SSSR count). The van der Waals surface area contributed by atoms with Gasteiger partial charge in [0.05, 0.1) is 25.2 Å². The summed E-state index contributed by atoms with van der Waals surface area (Å²) in [5, 5.41) is 8.91. The molecule has 0 aliphatic carbocycles. The van der Waals surface area contributed by atoms with Gasteiger partial charge in [0, 0.05) is 18.7 Å². The number of benzene rings is 1. The first-order valence-corrected chi connectivity index (χ1v) is 7.46. The number of nitriles is 1. The molecule has 1 amide bonds. The second kappa shape index (κ2) is 8.28. The first kappa shape index (κ1) is 17.8. The Kier molecular flexibility index (Phi) is 6.71. The van der Waals surface area contributed by atoms with E-state index in [4.69, 9.17) is 14.7 Å². The number of ether oxygens (including phenoxy) is 2. The Morgan fingerprint density at radius 1 is 1.32 bits per heavy atom. The van der Waals surface area contributed by atoms with Gasteiger partial charge in [-0.2, -0.15) is 5.26 Å². The van der Waals surface area contributed by atoms with Crippen LogP contribution in [-0.4, -0.2) is 37.1 Å². The number of nitrogens with zero attached hydrogens (tertiary/aromatic N) is 2. The van der Waals surface area contributed by atoms with Crippen molar-refractivity contribution in [2.45, 2.75) is 33.8 Å². The molecule has 1 aromatic carbocycles. The number of amides is 1. The molecule has 0 saturated carbocycles. The van der Waals surface area contributed by atoms with E-state index >= 15 is 0 Å². The van der Waals surface area contributed by atoms with Crippen molar-refractivity contribution in [2.24, 2.45) is 5.92 Å². The minimum atomic E-state index is -0.200. The largest absolute Gasteiger partial charge is 0.493 e. The highest BCUT2D eigenvalue weighted by molar-refractivity contribution is 5.95. The van der Waals surface area contributed by atoms with Gasteiger partial charge in [-0.3, -0.25) is 4.79 Å². The Morgan fingerprint density at radius 3 is 2.50 bits per heavy atom. The van der Waals surface area contributed by atoms with Crippen LogP contribution < -0.4 is 9.47 Å².